The van der Waals surface area contributed by atoms with E-state index in [1.165, 1.54) is 0 Å². The summed E-state index contributed by atoms with van der Waals surface area (Å²) in [7, 11) is 0. The van der Waals surface area contributed by atoms with E-state index >= 15 is 0 Å². The Bertz CT molecular complexity index is 191. The third-order valence-electron chi connectivity index (χ3n) is 1.11. The maximum absolute atomic E-state index is 5.24. The lowest BCUT2D eigenvalue weighted by atomic mass is 10.3. The molecule has 0 aliphatic heterocycles. The van der Waals surface area contributed by atoms with Crippen molar-refractivity contribution in [3.8, 4) is 5.75 Å². The molecule has 0 saturated carbocycles. The van der Waals surface area contributed by atoms with E-state index in [0.29, 0.717) is 6.61 Å². The van der Waals surface area contributed by atoms with Gasteiger partial charge in [0.05, 0.1) is 0 Å². The monoisotopic (exact) mass is 164 g/mol. The van der Waals surface area contributed by atoms with E-state index in [9.17, 15) is 0 Å². The summed E-state index contributed by atoms with van der Waals surface area (Å²) in [5, 5.41) is 0. The summed E-state index contributed by atoms with van der Waals surface area (Å²) in [5.41, 5.74) is 0. The number of hydrogen-bond acceptors (Lipinski definition) is 1. The molecule has 0 saturated heterocycles. The van der Waals surface area contributed by atoms with Crippen LogP contribution in [0.5, 0.6) is 5.75 Å². The van der Waals surface area contributed by atoms with Gasteiger partial charge in [0, 0.05) is 0 Å². The second-order valence-corrected chi connectivity index (χ2v) is 1.91. The summed E-state index contributed by atoms with van der Waals surface area (Å²) >= 11 is 0. The van der Waals surface area contributed by atoms with Crippen LogP contribution in [0.25, 0.3) is 0 Å². The van der Waals surface area contributed by atoms with Gasteiger partial charge in [-0.05, 0) is 12.1 Å². The zero-order valence-electron chi connectivity index (χ0n) is 7.79. The van der Waals surface area contributed by atoms with Gasteiger partial charge in [0.25, 0.3) is 0 Å². The van der Waals surface area contributed by atoms with Crippen molar-refractivity contribution in [3.63, 3.8) is 0 Å². The Labute approximate surface area is 74.7 Å². The lowest BCUT2D eigenvalue weighted by Gasteiger charge is -1.99. The lowest BCUT2D eigenvalue weighted by Crippen LogP contribution is -1.91. The molecule has 0 heterocycles. The average Bonchev–Trinajstić information content (AvgIpc) is 2.19. The molecule has 1 aromatic rings. The fourth-order valence-electron chi connectivity index (χ4n) is 0.672. The Hall–Kier alpha value is -1.24. The molecule has 0 atom stereocenters. The van der Waals surface area contributed by atoms with Crippen molar-refractivity contribution >= 4 is 0 Å². The van der Waals surface area contributed by atoms with E-state index in [4.69, 9.17) is 4.74 Å². The van der Waals surface area contributed by atoms with Gasteiger partial charge in [0.15, 0.2) is 0 Å². The van der Waals surface area contributed by atoms with Crippen molar-refractivity contribution in [1.82, 2.24) is 0 Å². The van der Waals surface area contributed by atoms with Gasteiger partial charge in [0.2, 0.25) is 0 Å². The normalized spacial score (nSPS) is 7.83. The number of ether oxygens (including phenoxy) is 1. The number of benzene rings is 1. The van der Waals surface area contributed by atoms with Crippen LogP contribution in [0, 0.1) is 0 Å². The molecule has 0 bridgehead atoms. The molecule has 0 N–H and O–H groups in total. The SMILES string of the molecule is C=CCOc1ccccc1.CC. The first-order chi connectivity index (χ1) is 5.93. The van der Waals surface area contributed by atoms with Gasteiger partial charge in [-0.1, -0.05) is 44.7 Å². The molecule has 0 spiro atoms. The first-order valence-corrected chi connectivity index (χ1v) is 4.22. The van der Waals surface area contributed by atoms with Crippen LogP contribution in [0.4, 0.5) is 0 Å². The van der Waals surface area contributed by atoms with Crippen LogP contribution in [0.1, 0.15) is 13.8 Å². The van der Waals surface area contributed by atoms with Gasteiger partial charge in [-0.3, -0.25) is 0 Å². The van der Waals surface area contributed by atoms with E-state index in [0.717, 1.165) is 5.75 Å². The topological polar surface area (TPSA) is 9.23 Å². The third-order valence-corrected chi connectivity index (χ3v) is 1.11. The molecule has 0 fully saturated rings. The summed E-state index contributed by atoms with van der Waals surface area (Å²) in [5.74, 6) is 0.891. The Morgan fingerprint density at radius 3 is 2.33 bits per heavy atom. The third kappa shape index (κ3) is 4.56. The molecular weight excluding hydrogens is 148 g/mol. The van der Waals surface area contributed by atoms with Crippen molar-refractivity contribution in [1.29, 1.82) is 0 Å². The molecule has 0 aromatic heterocycles. The van der Waals surface area contributed by atoms with Gasteiger partial charge < -0.3 is 4.74 Å². The maximum Gasteiger partial charge on any atom is 0.119 e. The second kappa shape index (κ2) is 7.86. The minimum Gasteiger partial charge on any atom is -0.490 e. The van der Waals surface area contributed by atoms with Gasteiger partial charge in [-0.25, -0.2) is 0 Å². The van der Waals surface area contributed by atoms with Gasteiger partial charge in [-0.2, -0.15) is 0 Å². The van der Waals surface area contributed by atoms with Crippen molar-refractivity contribution in [2.24, 2.45) is 0 Å². The van der Waals surface area contributed by atoms with Crippen molar-refractivity contribution in [3.05, 3.63) is 43.0 Å². The van der Waals surface area contributed by atoms with E-state index in [-0.39, 0.29) is 0 Å². The lowest BCUT2D eigenvalue weighted by molar-refractivity contribution is 0.363. The van der Waals surface area contributed by atoms with E-state index in [2.05, 4.69) is 6.58 Å². The van der Waals surface area contributed by atoms with Crippen LogP contribution < -0.4 is 4.74 Å². The van der Waals surface area contributed by atoms with Crippen molar-refractivity contribution < 1.29 is 4.74 Å². The minimum absolute atomic E-state index is 0.573. The number of para-hydroxylation sites is 1. The molecule has 1 heteroatoms. The fraction of sp³-hybridized carbons (Fsp3) is 0.273. The van der Waals surface area contributed by atoms with Crippen LogP contribution in [0.15, 0.2) is 43.0 Å². The molecule has 0 unspecified atom stereocenters. The highest BCUT2D eigenvalue weighted by Crippen LogP contribution is 2.07. The molecule has 1 rings (SSSR count). The molecule has 1 nitrogen and oxygen atoms in total. The first kappa shape index (κ1) is 10.8. The summed E-state index contributed by atoms with van der Waals surface area (Å²) in [6, 6.07) is 9.69. The predicted octanol–water partition coefficient (Wildman–Crippen LogP) is 3.28. The van der Waals surface area contributed by atoms with E-state index in [1.807, 2.05) is 44.2 Å². The van der Waals surface area contributed by atoms with Crippen molar-refractivity contribution in [2.45, 2.75) is 13.8 Å². The van der Waals surface area contributed by atoms with Gasteiger partial charge in [0.1, 0.15) is 12.4 Å². The molecule has 66 valence electrons. The molecule has 0 amide bonds. The Balaban J connectivity index is 0.000000561. The minimum atomic E-state index is 0.573. The summed E-state index contributed by atoms with van der Waals surface area (Å²) < 4.78 is 5.24. The second-order valence-electron chi connectivity index (χ2n) is 1.91. The molecule has 0 aliphatic rings. The number of hydrogen-bond donors (Lipinski definition) is 0. The van der Waals surface area contributed by atoms with Gasteiger partial charge >= 0.3 is 0 Å². The molecular formula is C11H16O. The summed E-state index contributed by atoms with van der Waals surface area (Å²) in [6.07, 6.45) is 1.73. The maximum atomic E-state index is 5.24. The highest BCUT2D eigenvalue weighted by molar-refractivity contribution is 5.20. The van der Waals surface area contributed by atoms with Crippen molar-refractivity contribution in [2.75, 3.05) is 6.61 Å². The zero-order chi connectivity index (χ0) is 9.23. The van der Waals surface area contributed by atoms with Crippen LogP contribution in [-0.4, -0.2) is 6.61 Å². The van der Waals surface area contributed by atoms with Crippen LogP contribution in [-0.2, 0) is 0 Å². The molecule has 12 heavy (non-hydrogen) atoms. The Morgan fingerprint density at radius 1 is 1.25 bits per heavy atom. The van der Waals surface area contributed by atoms with Crippen LogP contribution >= 0.6 is 0 Å². The van der Waals surface area contributed by atoms with Crippen LogP contribution in [0.2, 0.25) is 0 Å². The highest BCUT2D eigenvalue weighted by Gasteiger charge is 1.84. The zero-order valence-corrected chi connectivity index (χ0v) is 7.79. The largest absolute Gasteiger partial charge is 0.490 e. The van der Waals surface area contributed by atoms with Gasteiger partial charge in [-0.15, -0.1) is 0 Å². The van der Waals surface area contributed by atoms with Crippen LogP contribution in [0.3, 0.4) is 0 Å². The molecule has 1 aromatic carbocycles. The average molecular weight is 164 g/mol. The molecule has 0 aliphatic carbocycles. The fourth-order valence-corrected chi connectivity index (χ4v) is 0.672. The summed E-state index contributed by atoms with van der Waals surface area (Å²) in [4.78, 5) is 0. The predicted molar refractivity (Wildman–Crippen MR) is 53.5 cm³/mol. The number of rotatable bonds is 3. The standard InChI is InChI=1S/C9H10O.C2H6/c1-2-8-10-9-6-4-3-5-7-9;1-2/h2-7H,1,8H2;1-2H3. The smallest absolute Gasteiger partial charge is 0.119 e. The first-order valence-electron chi connectivity index (χ1n) is 4.22. The Kier molecular flexibility index (Phi) is 7.05. The summed E-state index contributed by atoms with van der Waals surface area (Å²) in [6.45, 7) is 8.12. The quantitative estimate of drug-likeness (QED) is 0.623. The molecule has 0 radical (unpaired) electrons. The van der Waals surface area contributed by atoms with E-state index in [1.54, 1.807) is 6.08 Å². The Morgan fingerprint density at radius 2 is 1.83 bits per heavy atom. The highest BCUT2D eigenvalue weighted by atomic mass is 16.5. The van der Waals surface area contributed by atoms with E-state index < -0.39 is 0 Å².